The number of rotatable bonds is 7. The molecule has 3 nitrogen and oxygen atoms in total. The number of amides is 1. The van der Waals surface area contributed by atoms with E-state index in [1.807, 2.05) is 11.0 Å². The Kier molecular flexibility index (Phi) is 6.09. The maximum Gasteiger partial charge on any atom is 0.222 e. The maximum absolute atomic E-state index is 12.2. The first kappa shape index (κ1) is 15.9. The van der Waals surface area contributed by atoms with E-state index in [4.69, 9.17) is 0 Å². The molecule has 0 saturated carbocycles. The van der Waals surface area contributed by atoms with E-state index < -0.39 is 0 Å². The molecule has 1 N–H and O–H groups in total. The third-order valence-corrected chi connectivity index (χ3v) is 4.30. The first-order chi connectivity index (χ1) is 10.2. The number of fused-ring (bicyclic) bond motifs is 1. The molecule has 0 radical (unpaired) electrons. The molecule has 0 bridgehead atoms. The Hall–Kier alpha value is -1.51. The molecule has 0 spiro atoms. The summed E-state index contributed by atoms with van der Waals surface area (Å²) in [5.41, 5.74) is 2.36. The van der Waals surface area contributed by atoms with Crippen LogP contribution in [0.25, 0.3) is 0 Å². The van der Waals surface area contributed by atoms with Gasteiger partial charge in [0.05, 0.1) is 0 Å². The van der Waals surface area contributed by atoms with Crippen molar-refractivity contribution in [3.63, 3.8) is 0 Å². The van der Waals surface area contributed by atoms with Crippen LogP contribution in [0.1, 0.15) is 63.0 Å². The quantitative estimate of drug-likeness (QED) is 0.770. The van der Waals surface area contributed by atoms with Crippen LogP contribution in [0.5, 0.6) is 5.75 Å². The average Bonchev–Trinajstić information content (AvgIpc) is 2.49. The van der Waals surface area contributed by atoms with Crippen molar-refractivity contribution in [2.45, 2.75) is 64.8 Å². The second-order valence-electron chi connectivity index (χ2n) is 6.04. The fraction of sp³-hybridized carbons (Fsp3) is 0.611. The SMILES string of the molecule is CCCCCCCCC(=O)N1CCc2ccc(O)cc2C1. The summed E-state index contributed by atoms with van der Waals surface area (Å²) < 4.78 is 0. The van der Waals surface area contributed by atoms with Crippen molar-refractivity contribution in [3.05, 3.63) is 29.3 Å². The van der Waals surface area contributed by atoms with Gasteiger partial charge in [0.1, 0.15) is 5.75 Å². The Labute approximate surface area is 128 Å². The van der Waals surface area contributed by atoms with E-state index in [9.17, 15) is 9.90 Å². The lowest BCUT2D eigenvalue weighted by molar-refractivity contribution is -0.132. The van der Waals surface area contributed by atoms with E-state index in [1.165, 1.54) is 31.2 Å². The first-order valence-corrected chi connectivity index (χ1v) is 8.29. The number of phenols is 1. The third-order valence-electron chi connectivity index (χ3n) is 4.30. The van der Waals surface area contributed by atoms with Crippen LogP contribution in [0, 0.1) is 0 Å². The number of nitrogens with zero attached hydrogens (tertiary/aromatic N) is 1. The molecule has 0 aromatic heterocycles. The number of carbonyl (C=O) groups is 1. The Morgan fingerprint density at radius 3 is 2.71 bits per heavy atom. The van der Waals surface area contributed by atoms with Crippen LogP contribution in [-0.4, -0.2) is 22.5 Å². The molecule has 3 heteroatoms. The van der Waals surface area contributed by atoms with Gasteiger partial charge in [0.2, 0.25) is 5.91 Å². The van der Waals surface area contributed by atoms with Crippen LogP contribution >= 0.6 is 0 Å². The molecule has 1 aromatic rings. The zero-order valence-electron chi connectivity index (χ0n) is 13.1. The highest BCUT2D eigenvalue weighted by Gasteiger charge is 2.20. The highest BCUT2D eigenvalue weighted by molar-refractivity contribution is 5.76. The zero-order chi connectivity index (χ0) is 15.1. The van der Waals surface area contributed by atoms with Crippen molar-refractivity contribution in [2.24, 2.45) is 0 Å². The summed E-state index contributed by atoms with van der Waals surface area (Å²) >= 11 is 0. The minimum absolute atomic E-state index is 0.263. The highest BCUT2D eigenvalue weighted by atomic mass is 16.3. The van der Waals surface area contributed by atoms with Crippen molar-refractivity contribution < 1.29 is 9.90 Å². The van der Waals surface area contributed by atoms with Gasteiger partial charge >= 0.3 is 0 Å². The molecule has 116 valence electrons. The summed E-state index contributed by atoms with van der Waals surface area (Å²) in [5.74, 6) is 0.554. The van der Waals surface area contributed by atoms with Crippen LogP contribution in [-0.2, 0) is 17.8 Å². The predicted molar refractivity (Wildman–Crippen MR) is 85.2 cm³/mol. The number of benzene rings is 1. The fourth-order valence-electron chi connectivity index (χ4n) is 2.97. The van der Waals surface area contributed by atoms with Crippen LogP contribution in [0.15, 0.2) is 18.2 Å². The molecular weight excluding hydrogens is 262 g/mol. The van der Waals surface area contributed by atoms with E-state index >= 15 is 0 Å². The van der Waals surface area contributed by atoms with Crippen molar-refractivity contribution in [1.82, 2.24) is 4.90 Å². The minimum Gasteiger partial charge on any atom is -0.508 e. The van der Waals surface area contributed by atoms with E-state index in [2.05, 4.69) is 6.92 Å². The van der Waals surface area contributed by atoms with Crippen LogP contribution in [0.4, 0.5) is 0 Å². The monoisotopic (exact) mass is 289 g/mol. The summed E-state index contributed by atoms with van der Waals surface area (Å²) in [6.07, 6.45) is 8.85. The molecule has 0 fully saturated rings. The van der Waals surface area contributed by atoms with Crippen LogP contribution < -0.4 is 0 Å². The normalized spacial score (nSPS) is 14.0. The molecule has 1 aromatic carbocycles. The van der Waals surface area contributed by atoms with Crippen molar-refractivity contribution in [1.29, 1.82) is 0 Å². The van der Waals surface area contributed by atoms with Crippen LogP contribution in [0.3, 0.4) is 0 Å². The average molecular weight is 289 g/mol. The van der Waals surface area contributed by atoms with Gasteiger partial charge in [-0.15, -0.1) is 0 Å². The zero-order valence-corrected chi connectivity index (χ0v) is 13.1. The van der Waals surface area contributed by atoms with Gasteiger partial charge < -0.3 is 10.0 Å². The van der Waals surface area contributed by atoms with Gasteiger partial charge in [0.15, 0.2) is 0 Å². The molecule has 0 unspecified atom stereocenters. The number of hydrogen-bond acceptors (Lipinski definition) is 2. The second kappa shape index (κ2) is 8.06. The summed E-state index contributed by atoms with van der Waals surface area (Å²) in [6.45, 7) is 3.68. The third kappa shape index (κ3) is 4.76. The number of unbranched alkanes of at least 4 members (excludes halogenated alkanes) is 5. The summed E-state index contributed by atoms with van der Waals surface area (Å²) in [4.78, 5) is 14.2. The number of phenolic OH excluding ortho intramolecular Hbond substituents is 1. The maximum atomic E-state index is 12.2. The van der Waals surface area contributed by atoms with Gasteiger partial charge in [-0.3, -0.25) is 4.79 Å². The van der Waals surface area contributed by atoms with Gasteiger partial charge in [-0.25, -0.2) is 0 Å². The Morgan fingerprint density at radius 2 is 1.90 bits per heavy atom. The van der Waals surface area contributed by atoms with Crippen molar-refractivity contribution >= 4 is 5.91 Å². The Bertz CT molecular complexity index is 470. The lowest BCUT2D eigenvalue weighted by Gasteiger charge is -2.29. The van der Waals surface area contributed by atoms with Crippen molar-refractivity contribution in [2.75, 3.05) is 6.54 Å². The summed E-state index contributed by atoms with van der Waals surface area (Å²) in [5, 5.41) is 9.55. The lowest BCUT2D eigenvalue weighted by atomic mass is 9.99. The molecular formula is C18H27NO2. The lowest BCUT2D eigenvalue weighted by Crippen LogP contribution is -2.35. The minimum atomic E-state index is 0.263. The van der Waals surface area contributed by atoms with E-state index in [-0.39, 0.29) is 5.91 Å². The fourth-order valence-corrected chi connectivity index (χ4v) is 2.97. The number of aromatic hydroxyl groups is 1. The van der Waals surface area contributed by atoms with E-state index in [1.54, 1.807) is 12.1 Å². The largest absolute Gasteiger partial charge is 0.508 e. The summed E-state index contributed by atoms with van der Waals surface area (Å²) in [6, 6.07) is 5.49. The number of carbonyl (C=O) groups excluding carboxylic acids is 1. The molecule has 2 rings (SSSR count). The molecule has 0 aliphatic carbocycles. The second-order valence-corrected chi connectivity index (χ2v) is 6.04. The molecule has 1 amide bonds. The Morgan fingerprint density at radius 1 is 1.14 bits per heavy atom. The summed E-state index contributed by atoms with van der Waals surface area (Å²) in [7, 11) is 0. The Balaban J connectivity index is 1.74. The smallest absolute Gasteiger partial charge is 0.222 e. The molecule has 1 heterocycles. The molecule has 1 aliphatic heterocycles. The van der Waals surface area contributed by atoms with Gasteiger partial charge in [-0.2, -0.15) is 0 Å². The van der Waals surface area contributed by atoms with E-state index in [0.717, 1.165) is 31.4 Å². The van der Waals surface area contributed by atoms with Crippen molar-refractivity contribution in [3.8, 4) is 5.75 Å². The standard InChI is InChI=1S/C18H27NO2/c1-2-3-4-5-6-7-8-18(21)19-12-11-15-9-10-17(20)13-16(15)14-19/h9-10,13,20H,2-8,11-12,14H2,1H3. The topological polar surface area (TPSA) is 40.5 Å². The molecule has 0 atom stereocenters. The van der Waals surface area contributed by atoms with Gasteiger partial charge in [-0.1, -0.05) is 45.1 Å². The van der Waals surface area contributed by atoms with Gasteiger partial charge in [0.25, 0.3) is 0 Å². The van der Waals surface area contributed by atoms with E-state index in [0.29, 0.717) is 18.7 Å². The molecule has 0 saturated heterocycles. The van der Waals surface area contributed by atoms with Gasteiger partial charge in [-0.05, 0) is 36.1 Å². The molecule has 1 aliphatic rings. The molecule has 21 heavy (non-hydrogen) atoms. The predicted octanol–water partition coefficient (Wildman–Crippen LogP) is 4.03. The number of hydrogen-bond donors (Lipinski definition) is 1. The highest BCUT2D eigenvalue weighted by Crippen LogP contribution is 2.23. The van der Waals surface area contributed by atoms with Crippen LogP contribution in [0.2, 0.25) is 0 Å². The first-order valence-electron chi connectivity index (χ1n) is 8.29. The van der Waals surface area contributed by atoms with Gasteiger partial charge in [0, 0.05) is 19.5 Å².